The molecule has 10 aromatic rings. The van der Waals surface area contributed by atoms with Gasteiger partial charge in [-0.05, 0) is 30.3 Å². The lowest BCUT2D eigenvalue weighted by Gasteiger charge is -2.11. The number of rotatable bonds is 3. The fraction of sp³-hybridized carbons (Fsp3) is 0. The first-order chi connectivity index (χ1) is 22.3. The van der Waals surface area contributed by atoms with Crippen molar-refractivity contribution in [3.05, 3.63) is 140 Å². The van der Waals surface area contributed by atoms with Gasteiger partial charge in [0.25, 0.3) is 0 Å². The van der Waals surface area contributed by atoms with Crippen LogP contribution in [-0.2, 0) is 0 Å². The SMILES string of the molecule is c1ccc(-c2nc(-c3cccc(-n4c5ccccc5c5ccc6c7ccccc7sc6c54)c3)nc3oc4ccccc4c23)cc1. The van der Waals surface area contributed by atoms with Crippen molar-refractivity contribution in [2.24, 2.45) is 0 Å². The van der Waals surface area contributed by atoms with Crippen molar-refractivity contribution >= 4 is 75.4 Å². The van der Waals surface area contributed by atoms with Gasteiger partial charge in [0.05, 0.1) is 26.8 Å². The zero-order chi connectivity index (χ0) is 29.5. The monoisotopic (exact) mass is 593 g/mol. The molecule has 4 nitrogen and oxygen atoms in total. The molecule has 6 aromatic carbocycles. The van der Waals surface area contributed by atoms with Crippen molar-refractivity contribution in [2.75, 3.05) is 0 Å². The van der Waals surface area contributed by atoms with E-state index in [2.05, 4.69) is 108 Å². The van der Waals surface area contributed by atoms with Gasteiger partial charge in [-0.1, -0.05) is 109 Å². The first-order valence-corrected chi connectivity index (χ1v) is 15.8. The number of furan rings is 1. The van der Waals surface area contributed by atoms with Crippen LogP contribution in [-0.4, -0.2) is 14.5 Å². The number of aromatic nitrogens is 3. The molecule has 5 heteroatoms. The van der Waals surface area contributed by atoms with Gasteiger partial charge >= 0.3 is 0 Å². The van der Waals surface area contributed by atoms with E-state index in [9.17, 15) is 0 Å². The van der Waals surface area contributed by atoms with Crippen LogP contribution < -0.4 is 0 Å². The Kier molecular flexibility index (Phi) is 5.12. The number of para-hydroxylation sites is 2. The summed E-state index contributed by atoms with van der Waals surface area (Å²) in [5.74, 6) is 0.634. The molecule has 0 N–H and O–H groups in total. The highest BCUT2D eigenvalue weighted by Gasteiger charge is 2.20. The van der Waals surface area contributed by atoms with E-state index in [1.807, 2.05) is 47.7 Å². The molecule has 0 aliphatic rings. The van der Waals surface area contributed by atoms with Gasteiger partial charge in [-0.25, -0.2) is 4.98 Å². The molecule has 0 fully saturated rings. The molecule has 0 saturated carbocycles. The van der Waals surface area contributed by atoms with Crippen LogP contribution in [0.4, 0.5) is 0 Å². The van der Waals surface area contributed by atoms with Gasteiger partial charge in [-0.2, -0.15) is 4.98 Å². The minimum Gasteiger partial charge on any atom is -0.438 e. The number of thiophene rings is 1. The van der Waals surface area contributed by atoms with E-state index in [4.69, 9.17) is 14.4 Å². The molecule has 0 atom stereocenters. The van der Waals surface area contributed by atoms with Crippen LogP contribution >= 0.6 is 11.3 Å². The van der Waals surface area contributed by atoms with E-state index in [1.54, 1.807) is 0 Å². The molecule has 0 bridgehead atoms. The highest BCUT2D eigenvalue weighted by Crippen LogP contribution is 2.43. The van der Waals surface area contributed by atoms with E-state index in [0.717, 1.165) is 38.9 Å². The number of fused-ring (bicyclic) bond motifs is 10. The van der Waals surface area contributed by atoms with Crippen LogP contribution in [0.5, 0.6) is 0 Å². The smallest absolute Gasteiger partial charge is 0.231 e. The molecular formula is C40H23N3OS. The first kappa shape index (κ1) is 24.6. The van der Waals surface area contributed by atoms with Crippen molar-refractivity contribution in [3.8, 4) is 28.3 Å². The van der Waals surface area contributed by atoms with E-state index in [1.165, 1.54) is 42.0 Å². The van der Waals surface area contributed by atoms with E-state index >= 15 is 0 Å². The van der Waals surface area contributed by atoms with Crippen LogP contribution in [0.25, 0.3) is 92.4 Å². The van der Waals surface area contributed by atoms with Crippen molar-refractivity contribution in [1.29, 1.82) is 0 Å². The molecule has 4 aromatic heterocycles. The van der Waals surface area contributed by atoms with Gasteiger partial charge in [0, 0.05) is 48.4 Å². The molecule has 4 heterocycles. The normalized spacial score (nSPS) is 12.0. The van der Waals surface area contributed by atoms with Gasteiger partial charge in [0.15, 0.2) is 5.82 Å². The predicted octanol–water partition coefficient (Wildman–Crippen LogP) is 11.2. The van der Waals surface area contributed by atoms with Crippen LogP contribution in [0.15, 0.2) is 144 Å². The van der Waals surface area contributed by atoms with E-state index in [-0.39, 0.29) is 0 Å². The summed E-state index contributed by atoms with van der Waals surface area (Å²) in [6, 6.07) is 48.9. The average Bonchev–Trinajstić information content (AvgIpc) is 3.78. The Bertz CT molecular complexity index is 2770. The number of hydrogen-bond acceptors (Lipinski definition) is 4. The predicted molar refractivity (Wildman–Crippen MR) is 187 cm³/mol. The summed E-state index contributed by atoms with van der Waals surface area (Å²) in [7, 11) is 0. The second-order valence-electron chi connectivity index (χ2n) is 11.4. The van der Waals surface area contributed by atoms with Crippen molar-refractivity contribution in [1.82, 2.24) is 14.5 Å². The number of benzene rings is 6. The van der Waals surface area contributed by atoms with Gasteiger partial charge in [-0.15, -0.1) is 11.3 Å². The molecule has 0 unspecified atom stereocenters. The summed E-state index contributed by atoms with van der Waals surface area (Å²) >= 11 is 1.86. The maximum absolute atomic E-state index is 6.32. The van der Waals surface area contributed by atoms with Crippen LogP contribution in [0.1, 0.15) is 0 Å². The molecule has 0 amide bonds. The average molecular weight is 594 g/mol. The third kappa shape index (κ3) is 3.59. The molecule has 210 valence electrons. The van der Waals surface area contributed by atoms with E-state index < -0.39 is 0 Å². The molecular weight excluding hydrogens is 571 g/mol. The van der Waals surface area contributed by atoms with Crippen molar-refractivity contribution in [2.45, 2.75) is 0 Å². The van der Waals surface area contributed by atoms with Gasteiger partial charge < -0.3 is 8.98 Å². The lowest BCUT2D eigenvalue weighted by Crippen LogP contribution is -1.97. The Morgan fingerprint density at radius 3 is 2.20 bits per heavy atom. The zero-order valence-corrected chi connectivity index (χ0v) is 24.8. The lowest BCUT2D eigenvalue weighted by atomic mass is 10.1. The lowest BCUT2D eigenvalue weighted by molar-refractivity contribution is 0.653. The Morgan fingerprint density at radius 1 is 0.556 bits per heavy atom. The van der Waals surface area contributed by atoms with Gasteiger partial charge in [0.1, 0.15) is 5.58 Å². The van der Waals surface area contributed by atoms with E-state index in [0.29, 0.717) is 11.5 Å². The Labute approximate surface area is 261 Å². The molecule has 0 aliphatic heterocycles. The van der Waals surface area contributed by atoms with Crippen molar-refractivity contribution in [3.63, 3.8) is 0 Å². The summed E-state index contributed by atoms with van der Waals surface area (Å²) in [5, 5.41) is 7.03. The fourth-order valence-corrected chi connectivity index (χ4v) is 8.08. The number of nitrogens with zero attached hydrogens (tertiary/aromatic N) is 3. The second kappa shape index (κ2) is 9.36. The molecule has 0 spiro atoms. The molecule has 10 rings (SSSR count). The highest BCUT2D eigenvalue weighted by atomic mass is 32.1. The minimum atomic E-state index is 0.592. The zero-order valence-electron chi connectivity index (χ0n) is 23.9. The summed E-state index contributed by atoms with van der Waals surface area (Å²) in [6.07, 6.45) is 0. The van der Waals surface area contributed by atoms with Crippen LogP contribution in [0.3, 0.4) is 0 Å². The summed E-state index contributed by atoms with van der Waals surface area (Å²) in [6.45, 7) is 0. The summed E-state index contributed by atoms with van der Waals surface area (Å²) in [5.41, 5.74) is 7.70. The Hall–Kier alpha value is -5.78. The second-order valence-corrected chi connectivity index (χ2v) is 12.4. The number of hydrogen-bond donors (Lipinski definition) is 0. The van der Waals surface area contributed by atoms with Crippen LogP contribution in [0, 0.1) is 0 Å². The standard InChI is InChI=1S/C40H23N3OS/c1-2-11-24(12-3-1)36-35-31-17-5-8-19-33(31)44-40(35)42-39(41-36)25-13-10-14-26(23-25)43-32-18-7-4-15-27(32)29-21-22-30-28-16-6-9-20-34(28)45-38(30)37(29)43/h1-23H. The Morgan fingerprint density at radius 2 is 1.29 bits per heavy atom. The van der Waals surface area contributed by atoms with Crippen LogP contribution in [0.2, 0.25) is 0 Å². The summed E-state index contributed by atoms with van der Waals surface area (Å²) in [4.78, 5) is 10.2. The maximum atomic E-state index is 6.32. The topological polar surface area (TPSA) is 43.9 Å². The molecule has 0 saturated heterocycles. The molecule has 0 aliphatic carbocycles. The fourth-order valence-electron chi connectivity index (χ4n) is 6.84. The quantitative estimate of drug-likeness (QED) is 0.205. The highest BCUT2D eigenvalue weighted by molar-refractivity contribution is 7.26. The van der Waals surface area contributed by atoms with Gasteiger partial charge in [-0.3, -0.25) is 0 Å². The van der Waals surface area contributed by atoms with Gasteiger partial charge in [0.2, 0.25) is 5.71 Å². The maximum Gasteiger partial charge on any atom is 0.231 e. The summed E-state index contributed by atoms with van der Waals surface area (Å²) < 4.78 is 11.3. The third-order valence-electron chi connectivity index (χ3n) is 8.83. The molecule has 45 heavy (non-hydrogen) atoms. The minimum absolute atomic E-state index is 0.592. The third-order valence-corrected chi connectivity index (χ3v) is 10.0. The Balaban J connectivity index is 1.25. The van der Waals surface area contributed by atoms with Crippen molar-refractivity contribution < 1.29 is 4.42 Å². The molecule has 0 radical (unpaired) electrons. The first-order valence-electron chi connectivity index (χ1n) is 15.0. The largest absolute Gasteiger partial charge is 0.438 e.